The molecule has 0 aliphatic carbocycles. The highest BCUT2D eigenvalue weighted by atomic mass is 32.1. The lowest BCUT2D eigenvalue weighted by molar-refractivity contribution is 0.0711. The Bertz CT molecular complexity index is 1210. The van der Waals surface area contributed by atoms with Crippen LogP contribution in [0.3, 0.4) is 0 Å². The number of aromatic hydroxyl groups is 1. The number of carbonyl (C=O) groups is 1. The summed E-state index contributed by atoms with van der Waals surface area (Å²) in [5.41, 5.74) is 6.55. The maximum Gasteiger partial charge on any atom is 0.254 e. The smallest absolute Gasteiger partial charge is 0.254 e. The van der Waals surface area contributed by atoms with E-state index in [1.165, 1.54) is 0 Å². The molecule has 0 spiro atoms. The third-order valence-electron chi connectivity index (χ3n) is 7.37. The fourth-order valence-electron chi connectivity index (χ4n) is 5.17. The molecule has 1 aromatic heterocycles. The van der Waals surface area contributed by atoms with Crippen LogP contribution >= 0.6 is 11.3 Å². The Morgan fingerprint density at radius 3 is 2.00 bits per heavy atom. The monoisotopic (exact) mass is 504 g/mol. The van der Waals surface area contributed by atoms with Crippen molar-refractivity contribution in [1.29, 1.82) is 0 Å². The molecule has 0 atom stereocenters. The molecular formula is C31H40N2O2S. The molecule has 3 aromatic rings. The predicted octanol–water partition coefficient (Wildman–Crippen LogP) is 7.75. The topological polar surface area (TPSA) is 53.4 Å². The van der Waals surface area contributed by atoms with Crippen LogP contribution in [0, 0.1) is 13.8 Å². The summed E-state index contributed by atoms with van der Waals surface area (Å²) >= 11 is 1.72. The molecule has 1 aliphatic heterocycles. The second-order valence-electron chi connectivity index (χ2n) is 12.3. The van der Waals surface area contributed by atoms with Crippen molar-refractivity contribution in [3.8, 4) is 17.0 Å². The van der Waals surface area contributed by atoms with Crippen LogP contribution in [0.15, 0.2) is 35.7 Å². The minimum Gasteiger partial charge on any atom is -0.507 e. The van der Waals surface area contributed by atoms with Crippen LogP contribution in [0.1, 0.15) is 97.9 Å². The summed E-state index contributed by atoms with van der Waals surface area (Å²) in [4.78, 5) is 20.3. The van der Waals surface area contributed by atoms with Crippen molar-refractivity contribution in [1.82, 2.24) is 9.88 Å². The average Bonchev–Trinajstić information content (AvgIpc) is 3.28. The lowest BCUT2D eigenvalue weighted by Crippen LogP contribution is -2.38. The largest absolute Gasteiger partial charge is 0.507 e. The molecule has 5 heteroatoms. The number of phenols is 1. The van der Waals surface area contributed by atoms with Gasteiger partial charge in [0.25, 0.3) is 5.91 Å². The standard InChI is InChI=1S/C31H40N2O2S/c1-19-10-9-11-20(2)26(19)29(35)33-14-12-21(13-15-33)28-32-25(18-36-28)22-16-23(30(3,4)5)27(34)24(17-22)31(6,7)8/h9-11,16-18,21,34H,12-15H2,1-8H3. The van der Waals surface area contributed by atoms with E-state index in [1.807, 2.05) is 36.9 Å². The van der Waals surface area contributed by atoms with Gasteiger partial charge in [0, 0.05) is 46.6 Å². The molecule has 192 valence electrons. The molecule has 0 bridgehead atoms. The number of aryl methyl sites for hydroxylation is 2. The van der Waals surface area contributed by atoms with Crippen LogP contribution in [-0.4, -0.2) is 34.0 Å². The summed E-state index contributed by atoms with van der Waals surface area (Å²) in [5, 5.41) is 14.4. The van der Waals surface area contributed by atoms with Crippen LogP contribution in [0.4, 0.5) is 0 Å². The number of piperidine rings is 1. The van der Waals surface area contributed by atoms with Gasteiger partial charge in [0.15, 0.2) is 0 Å². The van der Waals surface area contributed by atoms with E-state index in [9.17, 15) is 9.90 Å². The molecule has 4 nitrogen and oxygen atoms in total. The van der Waals surface area contributed by atoms with Crippen LogP contribution in [0.2, 0.25) is 0 Å². The summed E-state index contributed by atoms with van der Waals surface area (Å²) < 4.78 is 0. The van der Waals surface area contributed by atoms with Crippen LogP contribution in [-0.2, 0) is 10.8 Å². The summed E-state index contributed by atoms with van der Waals surface area (Å²) in [7, 11) is 0. The summed E-state index contributed by atoms with van der Waals surface area (Å²) in [6, 6.07) is 10.3. The zero-order chi connectivity index (χ0) is 26.4. The normalized spacial score (nSPS) is 15.4. The van der Waals surface area contributed by atoms with Gasteiger partial charge >= 0.3 is 0 Å². The zero-order valence-electron chi connectivity index (χ0n) is 23.0. The molecular weight excluding hydrogens is 464 g/mol. The number of likely N-dealkylation sites (tertiary alicyclic amines) is 1. The van der Waals surface area contributed by atoms with Gasteiger partial charge in [-0.2, -0.15) is 0 Å². The first-order valence-electron chi connectivity index (χ1n) is 13.0. The number of nitrogens with zero attached hydrogens (tertiary/aromatic N) is 2. The fourth-order valence-corrected chi connectivity index (χ4v) is 6.17. The number of amides is 1. The first kappa shape index (κ1) is 26.4. The zero-order valence-corrected chi connectivity index (χ0v) is 23.8. The molecule has 36 heavy (non-hydrogen) atoms. The number of hydrogen-bond acceptors (Lipinski definition) is 4. The number of aromatic nitrogens is 1. The van der Waals surface area contributed by atoms with Gasteiger partial charge in [-0.25, -0.2) is 4.98 Å². The number of rotatable bonds is 3. The second kappa shape index (κ2) is 9.66. The molecule has 1 N–H and O–H groups in total. The Morgan fingerprint density at radius 1 is 0.972 bits per heavy atom. The van der Waals surface area contributed by atoms with Gasteiger partial charge in [-0.1, -0.05) is 59.7 Å². The quantitative estimate of drug-likeness (QED) is 0.397. The average molecular weight is 505 g/mol. The van der Waals surface area contributed by atoms with Crippen molar-refractivity contribution < 1.29 is 9.90 Å². The molecule has 0 unspecified atom stereocenters. The van der Waals surface area contributed by atoms with E-state index in [1.54, 1.807) is 11.3 Å². The Kier molecular flexibility index (Phi) is 7.09. The number of phenolic OH excluding ortho intramolecular Hbond substituents is 1. The van der Waals surface area contributed by atoms with E-state index in [0.29, 0.717) is 11.7 Å². The van der Waals surface area contributed by atoms with Crippen molar-refractivity contribution in [3.63, 3.8) is 0 Å². The maximum atomic E-state index is 13.2. The molecule has 1 fully saturated rings. The van der Waals surface area contributed by atoms with Gasteiger partial charge in [0.05, 0.1) is 10.7 Å². The van der Waals surface area contributed by atoms with E-state index >= 15 is 0 Å². The molecule has 2 heterocycles. The summed E-state index contributed by atoms with van der Waals surface area (Å²) in [5.74, 6) is 0.916. The van der Waals surface area contributed by atoms with Crippen molar-refractivity contribution in [2.24, 2.45) is 0 Å². The van der Waals surface area contributed by atoms with E-state index in [-0.39, 0.29) is 16.7 Å². The Morgan fingerprint density at radius 2 is 1.50 bits per heavy atom. The minimum atomic E-state index is -0.173. The van der Waals surface area contributed by atoms with Gasteiger partial charge in [-0.05, 0) is 60.8 Å². The molecule has 1 aliphatic rings. The van der Waals surface area contributed by atoms with E-state index in [2.05, 4.69) is 59.1 Å². The highest BCUT2D eigenvalue weighted by molar-refractivity contribution is 7.10. The summed E-state index contributed by atoms with van der Waals surface area (Å²) in [6.45, 7) is 18.4. The van der Waals surface area contributed by atoms with Crippen molar-refractivity contribution in [2.45, 2.75) is 85.0 Å². The third-order valence-corrected chi connectivity index (χ3v) is 8.38. The van der Waals surface area contributed by atoms with Gasteiger partial charge in [-0.3, -0.25) is 4.79 Å². The number of carbonyl (C=O) groups excluding carboxylic acids is 1. The highest BCUT2D eigenvalue weighted by Gasteiger charge is 2.29. The maximum absolute atomic E-state index is 13.2. The molecule has 1 amide bonds. The Hall–Kier alpha value is -2.66. The Balaban J connectivity index is 1.55. The first-order valence-corrected chi connectivity index (χ1v) is 13.8. The van der Waals surface area contributed by atoms with Crippen molar-refractivity contribution >= 4 is 17.2 Å². The lowest BCUT2D eigenvalue weighted by Gasteiger charge is -2.32. The SMILES string of the molecule is Cc1cccc(C)c1C(=O)N1CCC(c2nc(-c3cc(C(C)(C)C)c(O)c(C(C)(C)C)c3)cs2)CC1. The minimum absolute atomic E-state index is 0.150. The highest BCUT2D eigenvalue weighted by Crippen LogP contribution is 2.42. The number of benzene rings is 2. The molecule has 1 saturated heterocycles. The van der Waals surface area contributed by atoms with E-state index < -0.39 is 0 Å². The molecule has 0 saturated carbocycles. The number of thiazole rings is 1. The summed E-state index contributed by atoms with van der Waals surface area (Å²) in [6.07, 6.45) is 1.86. The van der Waals surface area contributed by atoms with Crippen molar-refractivity contribution in [3.05, 3.63) is 68.5 Å². The second-order valence-corrected chi connectivity index (χ2v) is 13.2. The van der Waals surface area contributed by atoms with Crippen molar-refractivity contribution in [2.75, 3.05) is 13.1 Å². The predicted molar refractivity (Wildman–Crippen MR) is 150 cm³/mol. The first-order chi connectivity index (χ1) is 16.8. The van der Waals surface area contributed by atoms with Crippen LogP contribution in [0.25, 0.3) is 11.3 Å². The van der Waals surface area contributed by atoms with Gasteiger partial charge < -0.3 is 10.0 Å². The molecule has 0 radical (unpaired) electrons. The van der Waals surface area contributed by atoms with Gasteiger partial charge in [0.1, 0.15) is 5.75 Å². The Labute approximate surface area is 220 Å². The fraction of sp³-hybridized carbons (Fsp3) is 0.484. The molecule has 2 aromatic carbocycles. The van der Waals surface area contributed by atoms with E-state index in [4.69, 9.17) is 4.98 Å². The van der Waals surface area contributed by atoms with E-state index in [0.717, 1.165) is 70.0 Å². The number of hydrogen-bond donors (Lipinski definition) is 1. The van der Waals surface area contributed by atoms with Crippen LogP contribution in [0.5, 0.6) is 5.75 Å². The van der Waals surface area contributed by atoms with Gasteiger partial charge in [0.2, 0.25) is 0 Å². The van der Waals surface area contributed by atoms with Gasteiger partial charge in [-0.15, -0.1) is 11.3 Å². The molecule has 4 rings (SSSR count). The van der Waals surface area contributed by atoms with Crippen LogP contribution < -0.4 is 0 Å². The third kappa shape index (κ3) is 5.22. The lowest BCUT2D eigenvalue weighted by atomic mass is 9.78.